The fraction of sp³-hybridized carbons (Fsp3) is 0.400. The lowest BCUT2D eigenvalue weighted by atomic mass is 10.1. The molecule has 0 fully saturated rings. The molecule has 0 aromatic heterocycles. The van der Waals surface area contributed by atoms with Gasteiger partial charge in [-0.1, -0.05) is 13.8 Å². The monoisotopic (exact) mass is 456 g/mol. The van der Waals surface area contributed by atoms with Gasteiger partial charge >= 0.3 is 0 Å². The highest BCUT2D eigenvalue weighted by molar-refractivity contribution is 5.99. The molecular formula is C25H32N2O6. The van der Waals surface area contributed by atoms with Crippen LogP contribution in [-0.2, 0) is 4.79 Å². The van der Waals surface area contributed by atoms with Crippen molar-refractivity contribution in [2.75, 3.05) is 20.3 Å². The number of rotatable bonds is 12. The Morgan fingerprint density at radius 2 is 1.58 bits per heavy atom. The SMILES string of the molecule is CCOc1ccc(C(=O)CCC(=O)NNC(=O)c2ccc(OCCC(C)C)c(OC)c2)cc1. The van der Waals surface area contributed by atoms with Crippen LogP contribution in [0.1, 0.15) is 60.7 Å². The highest BCUT2D eigenvalue weighted by Gasteiger charge is 2.14. The van der Waals surface area contributed by atoms with Gasteiger partial charge in [0.1, 0.15) is 5.75 Å². The summed E-state index contributed by atoms with van der Waals surface area (Å²) >= 11 is 0. The van der Waals surface area contributed by atoms with E-state index in [0.29, 0.717) is 47.5 Å². The van der Waals surface area contributed by atoms with E-state index in [0.717, 1.165) is 6.42 Å². The molecule has 0 atom stereocenters. The molecular weight excluding hydrogens is 424 g/mol. The number of ketones is 1. The van der Waals surface area contributed by atoms with Crippen molar-refractivity contribution in [3.8, 4) is 17.2 Å². The van der Waals surface area contributed by atoms with Gasteiger partial charge in [-0.25, -0.2) is 0 Å². The zero-order valence-electron chi connectivity index (χ0n) is 19.6. The van der Waals surface area contributed by atoms with Crippen LogP contribution in [0.25, 0.3) is 0 Å². The molecule has 2 N–H and O–H groups in total. The summed E-state index contributed by atoms with van der Waals surface area (Å²) in [5.41, 5.74) is 5.48. The number of methoxy groups -OCH3 is 1. The second kappa shape index (κ2) is 13.1. The van der Waals surface area contributed by atoms with Gasteiger partial charge in [-0.2, -0.15) is 0 Å². The lowest BCUT2D eigenvalue weighted by molar-refractivity contribution is -0.121. The van der Waals surface area contributed by atoms with E-state index in [4.69, 9.17) is 14.2 Å². The van der Waals surface area contributed by atoms with Crippen molar-refractivity contribution in [3.05, 3.63) is 53.6 Å². The van der Waals surface area contributed by atoms with E-state index >= 15 is 0 Å². The maximum absolute atomic E-state index is 12.4. The zero-order chi connectivity index (χ0) is 24.2. The van der Waals surface area contributed by atoms with Gasteiger partial charge in [0.05, 0.1) is 20.3 Å². The number of hydrogen-bond donors (Lipinski definition) is 2. The first-order chi connectivity index (χ1) is 15.8. The lowest BCUT2D eigenvalue weighted by Gasteiger charge is -2.13. The molecule has 8 heteroatoms. The van der Waals surface area contributed by atoms with Crippen molar-refractivity contribution < 1.29 is 28.6 Å². The number of ether oxygens (including phenoxy) is 3. The average Bonchev–Trinajstić information content (AvgIpc) is 2.81. The maximum Gasteiger partial charge on any atom is 0.269 e. The molecule has 0 unspecified atom stereocenters. The van der Waals surface area contributed by atoms with E-state index in [1.54, 1.807) is 42.5 Å². The van der Waals surface area contributed by atoms with Gasteiger partial charge < -0.3 is 14.2 Å². The molecule has 0 saturated heterocycles. The van der Waals surface area contributed by atoms with Gasteiger partial charge in [-0.3, -0.25) is 25.2 Å². The van der Waals surface area contributed by atoms with Crippen molar-refractivity contribution in [1.82, 2.24) is 10.9 Å². The third kappa shape index (κ3) is 8.48. The predicted octanol–water partition coefficient (Wildman–Crippen LogP) is 3.94. The van der Waals surface area contributed by atoms with Gasteiger partial charge in [0.2, 0.25) is 5.91 Å². The molecule has 0 aliphatic carbocycles. The molecule has 2 amide bonds. The van der Waals surface area contributed by atoms with Crippen LogP contribution in [0.5, 0.6) is 17.2 Å². The summed E-state index contributed by atoms with van der Waals surface area (Å²) in [5.74, 6) is 1.03. The zero-order valence-corrected chi connectivity index (χ0v) is 19.6. The van der Waals surface area contributed by atoms with Gasteiger partial charge in [0, 0.05) is 24.0 Å². The molecule has 0 saturated carbocycles. The number of nitrogens with one attached hydrogen (secondary N) is 2. The second-order valence-corrected chi connectivity index (χ2v) is 7.78. The van der Waals surface area contributed by atoms with E-state index < -0.39 is 11.8 Å². The predicted molar refractivity (Wildman–Crippen MR) is 125 cm³/mol. The van der Waals surface area contributed by atoms with Crippen LogP contribution < -0.4 is 25.1 Å². The van der Waals surface area contributed by atoms with Crippen LogP contribution >= 0.6 is 0 Å². The van der Waals surface area contributed by atoms with Crippen LogP contribution in [0.15, 0.2) is 42.5 Å². The average molecular weight is 457 g/mol. The molecule has 33 heavy (non-hydrogen) atoms. The van der Waals surface area contributed by atoms with Crippen molar-refractivity contribution in [3.63, 3.8) is 0 Å². The molecule has 2 aromatic carbocycles. The number of hydrazine groups is 1. The molecule has 0 radical (unpaired) electrons. The smallest absolute Gasteiger partial charge is 0.269 e. The summed E-state index contributed by atoms with van der Waals surface area (Å²) in [6, 6.07) is 11.5. The van der Waals surface area contributed by atoms with Crippen LogP contribution in [-0.4, -0.2) is 37.9 Å². The quantitative estimate of drug-likeness (QED) is 0.370. The molecule has 0 aliphatic heterocycles. The van der Waals surface area contributed by atoms with E-state index in [-0.39, 0.29) is 18.6 Å². The first-order valence-corrected chi connectivity index (χ1v) is 11.0. The number of carbonyl (C=O) groups is 3. The number of Topliss-reactive ketones (excluding diaryl/α,β-unsaturated/α-hetero) is 1. The summed E-state index contributed by atoms with van der Waals surface area (Å²) < 4.78 is 16.4. The second-order valence-electron chi connectivity index (χ2n) is 7.78. The summed E-state index contributed by atoms with van der Waals surface area (Å²) in [6.45, 7) is 7.19. The van der Waals surface area contributed by atoms with Crippen LogP contribution in [0.4, 0.5) is 0 Å². The minimum atomic E-state index is -0.506. The van der Waals surface area contributed by atoms with Crippen LogP contribution in [0, 0.1) is 5.92 Å². The Kier molecular flexibility index (Phi) is 10.2. The highest BCUT2D eigenvalue weighted by Crippen LogP contribution is 2.28. The Morgan fingerprint density at radius 3 is 2.21 bits per heavy atom. The molecule has 0 bridgehead atoms. The topological polar surface area (TPSA) is 103 Å². The van der Waals surface area contributed by atoms with Gasteiger partial charge in [-0.05, 0) is 61.7 Å². The van der Waals surface area contributed by atoms with Crippen LogP contribution in [0.2, 0.25) is 0 Å². The van der Waals surface area contributed by atoms with Crippen LogP contribution in [0.3, 0.4) is 0 Å². The summed E-state index contributed by atoms with van der Waals surface area (Å²) in [5, 5.41) is 0. The molecule has 2 rings (SSSR count). The number of benzene rings is 2. The van der Waals surface area contributed by atoms with Crippen molar-refractivity contribution in [1.29, 1.82) is 0 Å². The molecule has 2 aromatic rings. The van der Waals surface area contributed by atoms with E-state index in [9.17, 15) is 14.4 Å². The Labute approximate surface area is 194 Å². The lowest BCUT2D eigenvalue weighted by Crippen LogP contribution is -2.41. The van der Waals surface area contributed by atoms with Crippen molar-refractivity contribution >= 4 is 17.6 Å². The molecule has 0 heterocycles. The highest BCUT2D eigenvalue weighted by atomic mass is 16.5. The molecule has 0 spiro atoms. The van der Waals surface area contributed by atoms with E-state index in [1.807, 2.05) is 6.92 Å². The first kappa shape index (κ1) is 25.7. The summed E-state index contributed by atoms with van der Waals surface area (Å²) in [6.07, 6.45) is 0.864. The third-order valence-electron chi connectivity index (χ3n) is 4.76. The Hall–Kier alpha value is -3.55. The molecule has 178 valence electrons. The fourth-order valence-corrected chi connectivity index (χ4v) is 2.87. The Morgan fingerprint density at radius 1 is 0.879 bits per heavy atom. The first-order valence-electron chi connectivity index (χ1n) is 11.0. The fourth-order valence-electron chi connectivity index (χ4n) is 2.87. The standard InChI is InChI=1S/C25H32N2O6/c1-5-32-20-9-6-18(7-10-20)21(28)11-13-24(29)26-27-25(30)19-8-12-22(23(16-19)31-4)33-15-14-17(2)3/h6-10,12,16-17H,5,11,13-15H2,1-4H3,(H,26,29)(H,27,30). The minimum Gasteiger partial charge on any atom is -0.494 e. The van der Waals surface area contributed by atoms with Gasteiger partial charge in [0.15, 0.2) is 17.3 Å². The Bertz CT molecular complexity index is 940. The largest absolute Gasteiger partial charge is 0.494 e. The Balaban J connectivity index is 1.82. The van der Waals surface area contributed by atoms with Crippen molar-refractivity contribution in [2.45, 2.75) is 40.0 Å². The van der Waals surface area contributed by atoms with Crippen molar-refractivity contribution in [2.24, 2.45) is 5.92 Å². The summed E-state index contributed by atoms with van der Waals surface area (Å²) in [7, 11) is 1.50. The summed E-state index contributed by atoms with van der Waals surface area (Å²) in [4.78, 5) is 36.7. The molecule has 0 aliphatic rings. The molecule has 8 nitrogen and oxygen atoms in total. The van der Waals surface area contributed by atoms with E-state index in [2.05, 4.69) is 24.7 Å². The minimum absolute atomic E-state index is 0.0198. The van der Waals surface area contributed by atoms with Gasteiger partial charge in [-0.15, -0.1) is 0 Å². The number of hydrogen-bond acceptors (Lipinski definition) is 6. The third-order valence-corrected chi connectivity index (χ3v) is 4.76. The van der Waals surface area contributed by atoms with E-state index in [1.165, 1.54) is 7.11 Å². The maximum atomic E-state index is 12.4. The normalized spacial score (nSPS) is 10.5. The number of amides is 2. The number of carbonyl (C=O) groups excluding carboxylic acids is 3. The van der Waals surface area contributed by atoms with Gasteiger partial charge in [0.25, 0.3) is 5.91 Å².